The maximum Gasteiger partial charge on any atom is 0.0386 e. The second-order valence-electron chi connectivity index (χ2n) is 4.26. The molecule has 0 bridgehead atoms. The molecule has 3 N–H and O–H groups in total. The van der Waals surface area contributed by atoms with E-state index in [0.717, 1.165) is 17.0 Å². The molecule has 2 heteroatoms. The Morgan fingerprint density at radius 2 is 2.06 bits per heavy atom. The minimum absolute atomic E-state index is 0.651. The van der Waals surface area contributed by atoms with Gasteiger partial charge in [0.25, 0.3) is 0 Å². The average molecular weight is 240 g/mol. The minimum atomic E-state index is 0.651. The summed E-state index contributed by atoms with van der Waals surface area (Å²) in [6.45, 7) is 11.6. The number of hydrogen-bond donors (Lipinski definition) is 2. The van der Waals surface area contributed by atoms with E-state index < -0.39 is 0 Å². The Bertz CT molecular complexity index is 508. The van der Waals surface area contributed by atoms with E-state index in [0.29, 0.717) is 5.70 Å². The van der Waals surface area contributed by atoms with Crippen LogP contribution < -0.4 is 11.1 Å². The summed E-state index contributed by atoms with van der Waals surface area (Å²) in [5, 5.41) is 3.20. The van der Waals surface area contributed by atoms with Crippen LogP contribution >= 0.6 is 0 Å². The summed E-state index contributed by atoms with van der Waals surface area (Å²) < 4.78 is 0. The molecular formula is C16H20N2. The van der Waals surface area contributed by atoms with Crippen LogP contribution in [0.5, 0.6) is 0 Å². The SMILES string of the molecule is C=C/C(C)=C/C(N)=C\C(=C)Nc1cccc(C)c1. The molecule has 0 aromatic heterocycles. The number of benzene rings is 1. The molecular weight excluding hydrogens is 220 g/mol. The van der Waals surface area contributed by atoms with Crippen molar-refractivity contribution in [3.8, 4) is 0 Å². The summed E-state index contributed by atoms with van der Waals surface area (Å²) in [5.74, 6) is 0. The molecule has 0 atom stereocenters. The summed E-state index contributed by atoms with van der Waals surface area (Å²) in [7, 11) is 0. The van der Waals surface area contributed by atoms with Crippen molar-refractivity contribution < 1.29 is 0 Å². The Morgan fingerprint density at radius 3 is 2.67 bits per heavy atom. The highest BCUT2D eigenvalue weighted by Crippen LogP contribution is 2.12. The molecule has 0 aliphatic rings. The van der Waals surface area contributed by atoms with E-state index in [-0.39, 0.29) is 0 Å². The zero-order valence-electron chi connectivity index (χ0n) is 11.0. The van der Waals surface area contributed by atoms with Gasteiger partial charge in [0.05, 0.1) is 0 Å². The van der Waals surface area contributed by atoms with E-state index >= 15 is 0 Å². The fraction of sp³-hybridized carbons (Fsp3) is 0.125. The lowest BCUT2D eigenvalue weighted by Crippen LogP contribution is -2.00. The van der Waals surface area contributed by atoms with Crippen LogP contribution in [0.4, 0.5) is 5.69 Å². The molecule has 1 aromatic rings. The van der Waals surface area contributed by atoms with E-state index in [9.17, 15) is 0 Å². The second-order valence-corrected chi connectivity index (χ2v) is 4.26. The normalized spacial score (nSPS) is 12.1. The molecule has 0 fully saturated rings. The summed E-state index contributed by atoms with van der Waals surface area (Å²) in [5.41, 5.74) is 10.5. The lowest BCUT2D eigenvalue weighted by Gasteiger charge is -2.07. The monoisotopic (exact) mass is 240 g/mol. The lowest BCUT2D eigenvalue weighted by atomic mass is 10.2. The smallest absolute Gasteiger partial charge is 0.0386 e. The van der Waals surface area contributed by atoms with Crippen LogP contribution in [0.25, 0.3) is 0 Å². The molecule has 0 amide bonds. The Kier molecular flexibility index (Phi) is 5.00. The van der Waals surface area contributed by atoms with Gasteiger partial charge in [-0.1, -0.05) is 31.4 Å². The van der Waals surface area contributed by atoms with Gasteiger partial charge in [-0.3, -0.25) is 0 Å². The fourth-order valence-electron chi connectivity index (χ4n) is 1.51. The van der Waals surface area contributed by atoms with Crippen molar-refractivity contribution in [3.05, 3.63) is 78.2 Å². The zero-order chi connectivity index (χ0) is 13.5. The number of allylic oxidation sites excluding steroid dienone is 4. The topological polar surface area (TPSA) is 38.0 Å². The molecule has 0 unspecified atom stereocenters. The van der Waals surface area contributed by atoms with Crippen molar-refractivity contribution in [1.82, 2.24) is 0 Å². The highest BCUT2D eigenvalue weighted by Gasteiger charge is 1.94. The van der Waals surface area contributed by atoms with Gasteiger partial charge in [-0.2, -0.15) is 0 Å². The maximum atomic E-state index is 5.87. The molecule has 0 aliphatic carbocycles. The average Bonchev–Trinajstić information content (AvgIpc) is 2.28. The van der Waals surface area contributed by atoms with Gasteiger partial charge in [-0.15, -0.1) is 0 Å². The van der Waals surface area contributed by atoms with Crippen molar-refractivity contribution in [3.63, 3.8) is 0 Å². The molecule has 0 saturated heterocycles. The Morgan fingerprint density at radius 1 is 1.33 bits per heavy atom. The van der Waals surface area contributed by atoms with Crippen molar-refractivity contribution in [2.75, 3.05) is 5.32 Å². The highest BCUT2D eigenvalue weighted by atomic mass is 14.9. The van der Waals surface area contributed by atoms with Crippen LogP contribution in [-0.4, -0.2) is 0 Å². The van der Waals surface area contributed by atoms with E-state index in [2.05, 4.69) is 24.5 Å². The van der Waals surface area contributed by atoms with Gasteiger partial charge < -0.3 is 11.1 Å². The predicted octanol–water partition coefficient (Wildman–Crippen LogP) is 3.90. The predicted molar refractivity (Wildman–Crippen MR) is 80.2 cm³/mol. The fourth-order valence-corrected chi connectivity index (χ4v) is 1.51. The van der Waals surface area contributed by atoms with Gasteiger partial charge in [-0.05, 0) is 49.3 Å². The van der Waals surface area contributed by atoms with Crippen LogP contribution in [0.15, 0.2) is 72.6 Å². The number of nitrogens with one attached hydrogen (secondary N) is 1. The Balaban J connectivity index is 2.72. The summed E-state index contributed by atoms with van der Waals surface area (Å²) in [6.07, 6.45) is 5.42. The van der Waals surface area contributed by atoms with Crippen LogP contribution in [0.3, 0.4) is 0 Å². The van der Waals surface area contributed by atoms with Gasteiger partial charge in [-0.25, -0.2) is 0 Å². The number of nitrogens with two attached hydrogens (primary N) is 1. The maximum absolute atomic E-state index is 5.87. The van der Waals surface area contributed by atoms with Gasteiger partial charge in [0, 0.05) is 17.1 Å². The molecule has 1 aromatic carbocycles. The largest absolute Gasteiger partial charge is 0.399 e. The quantitative estimate of drug-likeness (QED) is 0.766. The van der Waals surface area contributed by atoms with Crippen LogP contribution in [-0.2, 0) is 0 Å². The first-order chi connectivity index (χ1) is 8.51. The Labute approximate surface area is 109 Å². The number of rotatable bonds is 5. The summed E-state index contributed by atoms with van der Waals surface area (Å²) >= 11 is 0. The third-order valence-electron chi connectivity index (χ3n) is 2.38. The second kappa shape index (κ2) is 6.50. The van der Waals surface area contributed by atoms with Gasteiger partial charge in [0.2, 0.25) is 0 Å². The zero-order valence-corrected chi connectivity index (χ0v) is 11.0. The first kappa shape index (κ1) is 13.8. The third-order valence-corrected chi connectivity index (χ3v) is 2.38. The molecule has 94 valence electrons. The van der Waals surface area contributed by atoms with Crippen molar-refractivity contribution >= 4 is 5.69 Å². The number of hydrogen-bond acceptors (Lipinski definition) is 2. The number of anilines is 1. The minimum Gasteiger partial charge on any atom is -0.399 e. The van der Waals surface area contributed by atoms with E-state index in [1.807, 2.05) is 38.1 Å². The van der Waals surface area contributed by atoms with E-state index in [1.54, 1.807) is 12.2 Å². The summed E-state index contributed by atoms with van der Waals surface area (Å²) in [4.78, 5) is 0. The Hall–Kier alpha value is -2.22. The first-order valence-corrected chi connectivity index (χ1v) is 5.82. The molecule has 0 heterocycles. The standard InChI is InChI=1S/C16H20N2/c1-5-12(2)9-15(17)11-14(4)18-16-8-6-7-13(3)10-16/h5-11,18H,1,4,17H2,2-3H3/b12-9+,15-11+. The molecule has 0 aliphatic heterocycles. The molecule has 0 spiro atoms. The molecule has 2 nitrogen and oxygen atoms in total. The van der Waals surface area contributed by atoms with Crippen LogP contribution in [0.1, 0.15) is 12.5 Å². The van der Waals surface area contributed by atoms with Gasteiger partial charge in [0.15, 0.2) is 0 Å². The van der Waals surface area contributed by atoms with Crippen molar-refractivity contribution in [2.45, 2.75) is 13.8 Å². The molecule has 18 heavy (non-hydrogen) atoms. The van der Waals surface area contributed by atoms with Gasteiger partial charge in [0.1, 0.15) is 0 Å². The van der Waals surface area contributed by atoms with Crippen LogP contribution in [0, 0.1) is 6.92 Å². The van der Waals surface area contributed by atoms with Gasteiger partial charge >= 0.3 is 0 Å². The van der Waals surface area contributed by atoms with E-state index in [4.69, 9.17) is 5.73 Å². The third kappa shape index (κ3) is 4.74. The molecule has 0 radical (unpaired) electrons. The van der Waals surface area contributed by atoms with Crippen LogP contribution in [0.2, 0.25) is 0 Å². The van der Waals surface area contributed by atoms with Crippen molar-refractivity contribution in [1.29, 1.82) is 0 Å². The highest BCUT2D eigenvalue weighted by molar-refractivity contribution is 5.52. The summed E-state index contributed by atoms with van der Waals surface area (Å²) in [6, 6.07) is 8.10. The first-order valence-electron chi connectivity index (χ1n) is 5.82. The number of aryl methyl sites for hydroxylation is 1. The van der Waals surface area contributed by atoms with E-state index in [1.165, 1.54) is 5.56 Å². The molecule has 1 rings (SSSR count). The van der Waals surface area contributed by atoms with Crippen molar-refractivity contribution in [2.24, 2.45) is 5.73 Å². The lowest BCUT2D eigenvalue weighted by molar-refractivity contribution is 1.34. The molecule has 0 saturated carbocycles.